The molecular formula is C28H31N3O4. The van der Waals surface area contributed by atoms with Gasteiger partial charge in [0.05, 0.1) is 13.3 Å². The van der Waals surface area contributed by atoms with Crippen molar-refractivity contribution in [3.05, 3.63) is 88.5 Å². The van der Waals surface area contributed by atoms with Crippen LogP contribution in [0.5, 0.6) is 11.5 Å². The molecule has 7 nitrogen and oxygen atoms in total. The second kappa shape index (κ2) is 12.4. The van der Waals surface area contributed by atoms with Crippen LogP contribution in [0.1, 0.15) is 40.7 Å². The van der Waals surface area contributed by atoms with Crippen molar-refractivity contribution in [2.75, 3.05) is 12.4 Å². The molecule has 35 heavy (non-hydrogen) atoms. The fraction of sp³-hybridized carbons (Fsp3) is 0.250. The summed E-state index contributed by atoms with van der Waals surface area (Å²) in [6.45, 7) is 6.40. The number of nitrogens with one attached hydrogen (secondary N) is 2. The lowest BCUT2D eigenvalue weighted by molar-refractivity contribution is -0.124. The van der Waals surface area contributed by atoms with Crippen molar-refractivity contribution in [1.29, 1.82) is 0 Å². The van der Waals surface area contributed by atoms with E-state index in [1.165, 1.54) is 11.8 Å². The Balaban J connectivity index is 1.47. The van der Waals surface area contributed by atoms with Crippen molar-refractivity contribution in [1.82, 2.24) is 5.43 Å². The molecule has 0 aromatic heterocycles. The van der Waals surface area contributed by atoms with Gasteiger partial charge in [-0.1, -0.05) is 42.0 Å². The second-order valence-corrected chi connectivity index (χ2v) is 8.28. The summed E-state index contributed by atoms with van der Waals surface area (Å²) >= 11 is 0. The molecule has 182 valence electrons. The molecule has 3 aromatic rings. The molecule has 2 amide bonds. The molecule has 0 saturated heterocycles. The monoisotopic (exact) mass is 473 g/mol. The van der Waals surface area contributed by atoms with E-state index in [1.54, 1.807) is 19.2 Å². The molecule has 0 aliphatic rings. The molecule has 3 aromatic carbocycles. The number of ether oxygens (including phenoxy) is 2. The minimum atomic E-state index is -0.345. The SMILES string of the molecule is COc1cc(C=NNC(=O)CCC(=O)Nc2cccc(C)c2C)ccc1OCc1cccc(C)c1. The molecular weight excluding hydrogens is 442 g/mol. The van der Waals surface area contributed by atoms with E-state index in [-0.39, 0.29) is 24.7 Å². The Bertz CT molecular complexity index is 1220. The summed E-state index contributed by atoms with van der Waals surface area (Å²) in [7, 11) is 1.57. The Morgan fingerprint density at radius 1 is 0.914 bits per heavy atom. The maximum Gasteiger partial charge on any atom is 0.240 e. The number of methoxy groups -OCH3 is 1. The Morgan fingerprint density at radius 2 is 1.69 bits per heavy atom. The van der Waals surface area contributed by atoms with Gasteiger partial charge in [0, 0.05) is 18.5 Å². The molecule has 0 radical (unpaired) electrons. The highest BCUT2D eigenvalue weighted by Crippen LogP contribution is 2.28. The zero-order chi connectivity index (χ0) is 25.2. The van der Waals surface area contributed by atoms with E-state index in [0.29, 0.717) is 18.1 Å². The summed E-state index contributed by atoms with van der Waals surface area (Å²) in [5.41, 5.74) is 8.30. The minimum absolute atomic E-state index is 0.0308. The predicted molar refractivity (Wildman–Crippen MR) is 138 cm³/mol. The van der Waals surface area contributed by atoms with Crippen LogP contribution in [-0.4, -0.2) is 25.1 Å². The molecule has 0 spiro atoms. The summed E-state index contributed by atoms with van der Waals surface area (Å²) in [6.07, 6.45) is 1.61. The molecule has 0 saturated carbocycles. The normalized spacial score (nSPS) is 10.7. The van der Waals surface area contributed by atoms with E-state index >= 15 is 0 Å². The number of hydrazone groups is 1. The van der Waals surface area contributed by atoms with Crippen molar-refractivity contribution >= 4 is 23.7 Å². The number of carbonyl (C=O) groups is 2. The van der Waals surface area contributed by atoms with Crippen LogP contribution in [0.3, 0.4) is 0 Å². The number of hydrogen-bond donors (Lipinski definition) is 2. The number of nitrogens with zero attached hydrogens (tertiary/aromatic N) is 1. The van der Waals surface area contributed by atoms with Gasteiger partial charge in [0.25, 0.3) is 0 Å². The number of aryl methyl sites for hydroxylation is 2. The number of hydrogen-bond acceptors (Lipinski definition) is 5. The topological polar surface area (TPSA) is 89.0 Å². The number of carbonyl (C=O) groups excluding carboxylic acids is 2. The third-order valence-corrected chi connectivity index (χ3v) is 5.53. The average molecular weight is 474 g/mol. The van der Waals surface area contributed by atoms with Crippen molar-refractivity contribution in [3.8, 4) is 11.5 Å². The van der Waals surface area contributed by atoms with Crippen LogP contribution in [0.2, 0.25) is 0 Å². The lowest BCUT2D eigenvalue weighted by atomic mass is 10.1. The second-order valence-electron chi connectivity index (χ2n) is 8.28. The minimum Gasteiger partial charge on any atom is -0.493 e. The Hall–Kier alpha value is -4.13. The first-order valence-electron chi connectivity index (χ1n) is 11.4. The van der Waals surface area contributed by atoms with Crippen molar-refractivity contribution in [2.45, 2.75) is 40.2 Å². The van der Waals surface area contributed by atoms with Crippen molar-refractivity contribution in [3.63, 3.8) is 0 Å². The molecule has 0 fully saturated rings. The molecule has 0 aliphatic heterocycles. The third kappa shape index (κ3) is 7.71. The van der Waals surface area contributed by atoms with Gasteiger partial charge in [-0.15, -0.1) is 0 Å². The van der Waals surface area contributed by atoms with Crippen molar-refractivity contribution in [2.24, 2.45) is 5.10 Å². The van der Waals surface area contributed by atoms with Crippen LogP contribution in [0.25, 0.3) is 0 Å². The quantitative estimate of drug-likeness (QED) is 0.318. The highest BCUT2D eigenvalue weighted by Gasteiger charge is 2.09. The van der Waals surface area contributed by atoms with Gasteiger partial charge in [0.2, 0.25) is 11.8 Å². The van der Waals surface area contributed by atoms with Crippen molar-refractivity contribution < 1.29 is 19.1 Å². The van der Waals surface area contributed by atoms with E-state index in [1.807, 2.05) is 63.2 Å². The van der Waals surface area contributed by atoms with E-state index in [9.17, 15) is 9.59 Å². The smallest absolute Gasteiger partial charge is 0.240 e. The largest absolute Gasteiger partial charge is 0.493 e. The van der Waals surface area contributed by atoms with Crippen LogP contribution in [-0.2, 0) is 16.2 Å². The maximum atomic E-state index is 12.2. The van der Waals surface area contributed by atoms with E-state index in [4.69, 9.17) is 9.47 Å². The number of rotatable bonds is 10. The number of amides is 2. The molecule has 0 aliphatic carbocycles. The molecule has 7 heteroatoms. The first kappa shape index (κ1) is 25.5. The van der Waals surface area contributed by atoms with E-state index < -0.39 is 0 Å². The molecule has 0 bridgehead atoms. The lowest BCUT2D eigenvalue weighted by Gasteiger charge is -2.11. The zero-order valence-electron chi connectivity index (χ0n) is 20.6. The van der Waals surface area contributed by atoms with E-state index in [2.05, 4.69) is 21.9 Å². The van der Waals surface area contributed by atoms with Gasteiger partial charge >= 0.3 is 0 Å². The fourth-order valence-corrected chi connectivity index (χ4v) is 3.41. The van der Waals surface area contributed by atoms with Gasteiger partial charge < -0.3 is 14.8 Å². The first-order valence-corrected chi connectivity index (χ1v) is 11.4. The molecule has 0 atom stereocenters. The van der Waals surface area contributed by atoms with Gasteiger partial charge in [-0.2, -0.15) is 5.10 Å². The van der Waals surface area contributed by atoms with Crippen LogP contribution in [0.15, 0.2) is 65.8 Å². The molecule has 3 rings (SSSR count). The van der Waals surface area contributed by atoms with E-state index in [0.717, 1.165) is 27.9 Å². The van der Waals surface area contributed by atoms with Crippen LogP contribution >= 0.6 is 0 Å². The Labute approximate surface area is 206 Å². The fourth-order valence-electron chi connectivity index (χ4n) is 3.41. The number of benzene rings is 3. The third-order valence-electron chi connectivity index (χ3n) is 5.53. The van der Waals surface area contributed by atoms with Crippen LogP contribution in [0.4, 0.5) is 5.69 Å². The Kier molecular flexibility index (Phi) is 9.01. The summed E-state index contributed by atoms with van der Waals surface area (Å²) in [5.74, 6) is 0.618. The maximum absolute atomic E-state index is 12.2. The first-order chi connectivity index (χ1) is 16.9. The zero-order valence-corrected chi connectivity index (χ0v) is 20.6. The van der Waals surface area contributed by atoms with Crippen LogP contribution < -0.4 is 20.2 Å². The highest BCUT2D eigenvalue weighted by molar-refractivity contribution is 5.94. The number of anilines is 1. The summed E-state index contributed by atoms with van der Waals surface area (Å²) in [5, 5.41) is 6.83. The van der Waals surface area contributed by atoms with Crippen LogP contribution in [0, 0.1) is 20.8 Å². The van der Waals surface area contributed by atoms with Gasteiger partial charge in [-0.3, -0.25) is 9.59 Å². The summed E-state index contributed by atoms with van der Waals surface area (Å²) < 4.78 is 11.3. The predicted octanol–water partition coefficient (Wildman–Crippen LogP) is 5.07. The average Bonchev–Trinajstić information content (AvgIpc) is 2.84. The molecule has 2 N–H and O–H groups in total. The highest BCUT2D eigenvalue weighted by atomic mass is 16.5. The molecule has 0 unspecified atom stereocenters. The van der Waals surface area contributed by atoms with Gasteiger partial charge in [0.15, 0.2) is 11.5 Å². The standard InChI is InChI=1S/C28H31N3O4/c1-19-7-5-9-23(15-19)18-35-25-12-11-22(16-26(25)34-4)17-29-31-28(33)14-13-27(32)30-24-10-6-8-20(2)21(24)3/h5-12,15-17H,13-14,18H2,1-4H3,(H,30,32)(H,31,33). The van der Waals surface area contributed by atoms with Gasteiger partial charge in [-0.25, -0.2) is 5.43 Å². The Morgan fingerprint density at radius 3 is 2.46 bits per heavy atom. The molecule has 0 heterocycles. The summed E-state index contributed by atoms with van der Waals surface area (Å²) in [6, 6.07) is 19.2. The lowest BCUT2D eigenvalue weighted by Crippen LogP contribution is -2.21. The van der Waals surface area contributed by atoms with Gasteiger partial charge in [-0.05, 0) is 67.3 Å². The summed E-state index contributed by atoms with van der Waals surface area (Å²) in [4.78, 5) is 24.3. The van der Waals surface area contributed by atoms with Gasteiger partial charge in [0.1, 0.15) is 6.61 Å².